The smallest absolute Gasteiger partial charge is 0.136 e. The van der Waals surface area contributed by atoms with E-state index in [1.807, 2.05) is 0 Å². The van der Waals surface area contributed by atoms with Gasteiger partial charge in [-0.2, -0.15) is 0 Å². The van der Waals surface area contributed by atoms with Crippen LogP contribution in [0.1, 0.15) is 12.1 Å². The highest BCUT2D eigenvalue weighted by Gasteiger charge is 1.96. The minimum Gasteiger partial charge on any atom is -0.396 e. The van der Waals surface area contributed by atoms with Gasteiger partial charge in [-0.05, 0) is 12.0 Å². The summed E-state index contributed by atoms with van der Waals surface area (Å²) in [6.07, 6.45) is 1.91. The summed E-state index contributed by atoms with van der Waals surface area (Å²) in [5.41, 5.74) is 6.55. The van der Waals surface area contributed by atoms with E-state index < -0.39 is 0 Å². The fourth-order valence-corrected chi connectivity index (χ4v) is 0.928. The van der Waals surface area contributed by atoms with Crippen LogP contribution in [0, 0.1) is 11.8 Å². The maximum Gasteiger partial charge on any atom is 0.136 e. The molecular formula is C9H9ClN2O. The van der Waals surface area contributed by atoms with Crippen molar-refractivity contribution in [2.45, 2.75) is 6.42 Å². The molecule has 0 atom stereocenters. The molecule has 13 heavy (non-hydrogen) atoms. The number of pyridine rings is 1. The van der Waals surface area contributed by atoms with Crippen LogP contribution < -0.4 is 5.73 Å². The molecule has 0 amide bonds. The van der Waals surface area contributed by atoms with Gasteiger partial charge in [-0.15, -0.1) is 0 Å². The average molecular weight is 197 g/mol. The molecule has 1 heterocycles. The van der Waals surface area contributed by atoms with Crippen molar-refractivity contribution >= 4 is 17.3 Å². The zero-order chi connectivity index (χ0) is 9.68. The molecule has 0 unspecified atom stereocenters. The lowest BCUT2D eigenvalue weighted by Crippen LogP contribution is -1.93. The van der Waals surface area contributed by atoms with E-state index in [0.29, 0.717) is 22.8 Å². The van der Waals surface area contributed by atoms with Gasteiger partial charge in [-0.25, -0.2) is 4.98 Å². The van der Waals surface area contributed by atoms with Crippen molar-refractivity contribution in [3.63, 3.8) is 0 Å². The molecule has 0 saturated carbocycles. The molecule has 0 aliphatic heterocycles. The summed E-state index contributed by atoms with van der Waals surface area (Å²) in [6.45, 7) is 0.0422. The van der Waals surface area contributed by atoms with Crippen LogP contribution in [0.15, 0.2) is 12.3 Å². The van der Waals surface area contributed by atoms with Gasteiger partial charge in [0.2, 0.25) is 0 Å². The first kappa shape index (κ1) is 9.85. The monoisotopic (exact) mass is 196 g/mol. The van der Waals surface area contributed by atoms with Gasteiger partial charge in [0.25, 0.3) is 0 Å². The molecule has 1 aromatic rings. The summed E-state index contributed by atoms with van der Waals surface area (Å²) in [6, 6.07) is 1.59. The largest absolute Gasteiger partial charge is 0.396 e. The predicted molar refractivity (Wildman–Crippen MR) is 52.2 cm³/mol. The number of nitrogen functional groups attached to an aromatic ring is 1. The normalized spacial score (nSPS) is 9.08. The fourth-order valence-electron chi connectivity index (χ4n) is 0.761. The molecule has 3 nitrogen and oxygen atoms in total. The van der Waals surface area contributed by atoms with Crippen LogP contribution in [-0.4, -0.2) is 16.7 Å². The second-order valence-corrected chi connectivity index (χ2v) is 2.80. The molecule has 0 spiro atoms. The molecule has 0 fully saturated rings. The molecule has 0 saturated heterocycles. The Morgan fingerprint density at radius 3 is 3.00 bits per heavy atom. The third-order valence-corrected chi connectivity index (χ3v) is 1.53. The van der Waals surface area contributed by atoms with Crippen LogP contribution >= 0.6 is 11.6 Å². The van der Waals surface area contributed by atoms with Crippen LogP contribution in [0.4, 0.5) is 5.69 Å². The van der Waals surface area contributed by atoms with E-state index in [9.17, 15) is 0 Å². The Morgan fingerprint density at radius 1 is 1.62 bits per heavy atom. The van der Waals surface area contributed by atoms with E-state index in [2.05, 4.69) is 16.8 Å². The molecule has 0 radical (unpaired) electrons. The Morgan fingerprint density at radius 2 is 2.38 bits per heavy atom. The SMILES string of the molecule is Nc1cc(Cl)cnc1C#CCCO. The number of halogens is 1. The van der Waals surface area contributed by atoms with E-state index in [1.54, 1.807) is 6.07 Å². The molecule has 4 heteroatoms. The molecule has 1 aromatic heterocycles. The lowest BCUT2D eigenvalue weighted by molar-refractivity contribution is 0.305. The second kappa shape index (κ2) is 4.70. The van der Waals surface area contributed by atoms with E-state index in [-0.39, 0.29) is 6.61 Å². The molecule has 0 aromatic carbocycles. The predicted octanol–water partition coefficient (Wildman–Crippen LogP) is 1.05. The summed E-state index contributed by atoms with van der Waals surface area (Å²) >= 11 is 5.65. The highest BCUT2D eigenvalue weighted by molar-refractivity contribution is 6.30. The summed E-state index contributed by atoms with van der Waals surface area (Å²) in [7, 11) is 0. The Balaban J connectivity index is 2.85. The highest BCUT2D eigenvalue weighted by atomic mass is 35.5. The third-order valence-electron chi connectivity index (χ3n) is 1.33. The van der Waals surface area contributed by atoms with Crippen LogP contribution in [0.3, 0.4) is 0 Å². The van der Waals surface area contributed by atoms with Gasteiger partial charge in [0.15, 0.2) is 0 Å². The number of hydrogen-bond donors (Lipinski definition) is 2. The number of nitrogens with zero attached hydrogens (tertiary/aromatic N) is 1. The Labute approximate surface area is 81.5 Å². The summed E-state index contributed by atoms with van der Waals surface area (Å²) in [5.74, 6) is 5.46. The Kier molecular flexibility index (Phi) is 3.56. The maximum atomic E-state index is 8.48. The van der Waals surface area contributed by atoms with Crippen molar-refractivity contribution in [3.8, 4) is 11.8 Å². The standard InChI is InChI=1S/C9H9ClN2O/c10-7-5-8(11)9(12-6-7)3-1-2-4-13/h5-6,13H,2,4,11H2. The van der Waals surface area contributed by atoms with E-state index in [4.69, 9.17) is 22.4 Å². The van der Waals surface area contributed by atoms with Gasteiger partial charge in [0.1, 0.15) is 5.69 Å². The van der Waals surface area contributed by atoms with E-state index in [0.717, 1.165) is 0 Å². The zero-order valence-corrected chi connectivity index (χ0v) is 7.67. The number of nitrogens with two attached hydrogens (primary N) is 1. The van der Waals surface area contributed by atoms with E-state index in [1.165, 1.54) is 6.20 Å². The number of rotatable bonds is 1. The highest BCUT2D eigenvalue weighted by Crippen LogP contribution is 2.13. The summed E-state index contributed by atoms with van der Waals surface area (Å²) < 4.78 is 0. The van der Waals surface area contributed by atoms with Crippen LogP contribution in [0.2, 0.25) is 5.02 Å². The topological polar surface area (TPSA) is 59.1 Å². The van der Waals surface area contributed by atoms with Gasteiger partial charge >= 0.3 is 0 Å². The second-order valence-electron chi connectivity index (χ2n) is 2.37. The molecule has 0 aliphatic carbocycles. The van der Waals surface area contributed by atoms with Crippen LogP contribution in [0.25, 0.3) is 0 Å². The quantitative estimate of drug-likeness (QED) is 0.661. The van der Waals surface area contributed by atoms with Crippen LogP contribution in [0.5, 0.6) is 0 Å². The van der Waals surface area contributed by atoms with Crippen molar-refractivity contribution in [3.05, 3.63) is 23.0 Å². The number of aromatic nitrogens is 1. The van der Waals surface area contributed by atoms with Gasteiger partial charge < -0.3 is 10.8 Å². The maximum absolute atomic E-state index is 8.48. The molecule has 0 aliphatic rings. The summed E-state index contributed by atoms with van der Waals surface area (Å²) in [4.78, 5) is 3.94. The molecule has 68 valence electrons. The van der Waals surface area contributed by atoms with Crippen molar-refractivity contribution in [2.24, 2.45) is 0 Å². The lowest BCUT2D eigenvalue weighted by Gasteiger charge is -1.96. The van der Waals surface area contributed by atoms with E-state index >= 15 is 0 Å². The number of aliphatic hydroxyl groups excluding tert-OH is 1. The van der Waals surface area contributed by atoms with Crippen molar-refractivity contribution in [1.29, 1.82) is 0 Å². The van der Waals surface area contributed by atoms with Gasteiger partial charge in [0, 0.05) is 12.6 Å². The number of anilines is 1. The van der Waals surface area contributed by atoms with Crippen molar-refractivity contribution in [2.75, 3.05) is 12.3 Å². The molecule has 3 N–H and O–H groups in total. The van der Waals surface area contributed by atoms with Crippen molar-refractivity contribution in [1.82, 2.24) is 4.98 Å². The van der Waals surface area contributed by atoms with Crippen molar-refractivity contribution < 1.29 is 5.11 Å². The molecule has 0 bridgehead atoms. The van der Waals surface area contributed by atoms with Crippen LogP contribution in [-0.2, 0) is 0 Å². The Bertz CT molecular complexity index is 354. The fraction of sp³-hybridized carbons (Fsp3) is 0.222. The molecule has 1 rings (SSSR count). The first-order chi connectivity index (χ1) is 6.24. The van der Waals surface area contributed by atoms with Gasteiger partial charge in [-0.3, -0.25) is 0 Å². The first-order valence-electron chi connectivity index (χ1n) is 3.75. The number of hydrogen-bond acceptors (Lipinski definition) is 3. The minimum atomic E-state index is 0.0422. The summed E-state index contributed by atoms with van der Waals surface area (Å²) in [5, 5.41) is 8.97. The van der Waals surface area contributed by atoms with Gasteiger partial charge in [0.05, 0.1) is 17.3 Å². The average Bonchev–Trinajstić information content (AvgIpc) is 2.09. The Hall–Kier alpha value is -1.24. The van der Waals surface area contributed by atoms with Gasteiger partial charge in [-0.1, -0.05) is 17.5 Å². The minimum absolute atomic E-state index is 0.0422. The zero-order valence-electron chi connectivity index (χ0n) is 6.92. The first-order valence-corrected chi connectivity index (χ1v) is 4.12. The lowest BCUT2D eigenvalue weighted by atomic mass is 10.3. The molecular weight excluding hydrogens is 188 g/mol. The number of aliphatic hydroxyl groups is 1. The third kappa shape index (κ3) is 2.94.